The summed E-state index contributed by atoms with van der Waals surface area (Å²) in [5.74, 6) is -0.594. The number of benzene rings is 1. The molecule has 1 aromatic heterocycles. The van der Waals surface area contributed by atoms with Crippen molar-refractivity contribution in [2.45, 2.75) is 12.7 Å². The summed E-state index contributed by atoms with van der Waals surface area (Å²) >= 11 is 0.659. The third-order valence-electron chi connectivity index (χ3n) is 2.42. The summed E-state index contributed by atoms with van der Waals surface area (Å²) in [6.45, 7) is 0.292. The van der Waals surface area contributed by atoms with Crippen LogP contribution < -0.4 is 15.8 Å². The molecule has 0 radical (unpaired) electrons. The van der Waals surface area contributed by atoms with Crippen LogP contribution in [-0.2, 0) is 12.7 Å². The van der Waals surface area contributed by atoms with E-state index in [1.54, 1.807) is 18.2 Å². The number of rotatable bonds is 4. The molecular formula is C11H11F3N4OS. The minimum absolute atomic E-state index is 0.103. The van der Waals surface area contributed by atoms with Crippen LogP contribution in [0.3, 0.4) is 0 Å². The fraction of sp³-hybridized carbons (Fsp3) is 0.273. The number of nitrogens with zero attached hydrogens (tertiary/aromatic N) is 2. The van der Waals surface area contributed by atoms with Gasteiger partial charge in [0.15, 0.2) is 0 Å². The number of nitrogen functional groups attached to an aromatic ring is 1. The van der Waals surface area contributed by atoms with Crippen LogP contribution in [0.15, 0.2) is 18.2 Å². The third-order valence-corrected chi connectivity index (χ3v) is 3.09. The van der Waals surface area contributed by atoms with Crippen LogP contribution in [-0.4, -0.2) is 16.5 Å². The van der Waals surface area contributed by atoms with Crippen molar-refractivity contribution in [3.8, 4) is 5.75 Å². The average molecular weight is 304 g/mol. The van der Waals surface area contributed by atoms with Crippen molar-refractivity contribution < 1.29 is 17.9 Å². The summed E-state index contributed by atoms with van der Waals surface area (Å²) in [4.78, 5) is 3.37. The smallest absolute Gasteiger partial charge is 0.452 e. The van der Waals surface area contributed by atoms with Gasteiger partial charge in [0.1, 0.15) is 5.75 Å². The highest BCUT2D eigenvalue weighted by atomic mass is 32.1. The Morgan fingerprint density at radius 3 is 2.70 bits per heavy atom. The second kappa shape index (κ2) is 5.53. The summed E-state index contributed by atoms with van der Waals surface area (Å²) in [7, 11) is 1.50. The number of nitrogens with two attached hydrogens (primary N) is 1. The normalized spacial score (nSPS) is 11.4. The Balaban J connectivity index is 2.02. The minimum atomic E-state index is -4.53. The number of hydrogen-bond donors (Lipinski definition) is 2. The van der Waals surface area contributed by atoms with Gasteiger partial charge in [0.05, 0.1) is 12.8 Å². The molecule has 3 N–H and O–H groups in total. The number of hydrogen-bond acceptors (Lipinski definition) is 6. The molecule has 0 unspecified atom stereocenters. The maximum absolute atomic E-state index is 12.3. The highest BCUT2D eigenvalue weighted by Gasteiger charge is 2.36. The molecule has 0 bridgehead atoms. The van der Waals surface area contributed by atoms with Crippen LogP contribution in [0.25, 0.3) is 0 Å². The van der Waals surface area contributed by atoms with Crippen molar-refractivity contribution in [2.24, 2.45) is 0 Å². The van der Waals surface area contributed by atoms with E-state index in [0.29, 0.717) is 29.5 Å². The van der Waals surface area contributed by atoms with E-state index in [9.17, 15) is 13.2 Å². The predicted octanol–water partition coefficient (Wildman–Crippen LogP) is 2.76. The van der Waals surface area contributed by atoms with E-state index in [1.165, 1.54) is 7.11 Å². The van der Waals surface area contributed by atoms with Crippen LogP contribution in [0.4, 0.5) is 24.0 Å². The zero-order chi connectivity index (χ0) is 14.8. The van der Waals surface area contributed by atoms with Gasteiger partial charge in [-0.1, -0.05) is 6.07 Å². The maximum Gasteiger partial charge on any atom is 0.452 e. The summed E-state index contributed by atoms with van der Waals surface area (Å²) in [5, 5.41) is 2.87. The summed E-state index contributed by atoms with van der Waals surface area (Å²) in [5.41, 5.74) is 6.99. The second-order valence-electron chi connectivity index (χ2n) is 3.85. The molecule has 0 spiro atoms. The monoisotopic (exact) mass is 304 g/mol. The lowest BCUT2D eigenvalue weighted by atomic mass is 10.2. The molecule has 0 amide bonds. The van der Waals surface area contributed by atoms with Crippen molar-refractivity contribution >= 4 is 22.4 Å². The first kappa shape index (κ1) is 14.4. The van der Waals surface area contributed by atoms with Gasteiger partial charge < -0.3 is 15.8 Å². The molecule has 9 heteroatoms. The Labute approximate surface area is 116 Å². The van der Waals surface area contributed by atoms with Crippen LogP contribution in [0.1, 0.15) is 11.4 Å². The highest BCUT2D eigenvalue weighted by Crippen LogP contribution is 2.29. The first-order chi connectivity index (χ1) is 9.40. The molecule has 0 saturated carbocycles. The molecule has 5 nitrogen and oxygen atoms in total. The van der Waals surface area contributed by atoms with E-state index in [0.717, 1.165) is 5.56 Å². The molecular weight excluding hydrogens is 293 g/mol. The van der Waals surface area contributed by atoms with Crippen molar-refractivity contribution in [3.63, 3.8) is 0 Å². The van der Waals surface area contributed by atoms with E-state index in [2.05, 4.69) is 14.7 Å². The van der Waals surface area contributed by atoms with Gasteiger partial charge >= 0.3 is 6.18 Å². The molecule has 108 valence electrons. The van der Waals surface area contributed by atoms with Gasteiger partial charge in [0, 0.05) is 18.1 Å². The third kappa shape index (κ3) is 3.29. The van der Waals surface area contributed by atoms with Crippen LogP contribution in [0.2, 0.25) is 0 Å². The lowest BCUT2D eigenvalue weighted by Gasteiger charge is -2.07. The van der Waals surface area contributed by atoms with Crippen molar-refractivity contribution in [1.29, 1.82) is 0 Å². The molecule has 0 atom stereocenters. The molecule has 0 aliphatic rings. The van der Waals surface area contributed by atoms with Gasteiger partial charge in [-0.2, -0.15) is 22.5 Å². The number of aromatic nitrogens is 2. The molecule has 0 fully saturated rings. The molecule has 0 aliphatic carbocycles. The van der Waals surface area contributed by atoms with E-state index >= 15 is 0 Å². The number of anilines is 2. The topological polar surface area (TPSA) is 73.1 Å². The lowest BCUT2D eigenvalue weighted by Crippen LogP contribution is -2.07. The number of ether oxygens (including phenoxy) is 1. The average Bonchev–Trinajstić information content (AvgIpc) is 2.85. The molecule has 0 saturated heterocycles. The molecule has 2 rings (SSSR count). The van der Waals surface area contributed by atoms with E-state index in [4.69, 9.17) is 10.5 Å². The van der Waals surface area contributed by atoms with Gasteiger partial charge in [0.2, 0.25) is 11.0 Å². The second-order valence-corrected chi connectivity index (χ2v) is 4.60. The first-order valence-corrected chi connectivity index (χ1v) is 6.24. The zero-order valence-electron chi connectivity index (χ0n) is 10.4. The Morgan fingerprint density at radius 2 is 2.15 bits per heavy atom. The largest absolute Gasteiger partial charge is 0.495 e. The molecule has 1 heterocycles. The zero-order valence-corrected chi connectivity index (χ0v) is 11.2. The molecule has 1 aromatic carbocycles. The quantitative estimate of drug-likeness (QED) is 0.850. The van der Waals surface area contributed by atoms with Gasteiger partial charge in [0.25, 0.3) is 0 Å². The summed E-state index contributed by atoms with van der Waals surface area (Å²) < 4.78 is 45.2. The number of methoxy groups -OCH3 is 1. The van der Waals surface area contributed by atoms with Crippen molar-refractivity contribution in [3.05, 3.63) is 29.6 Å². The van der Waals surface area contributed by atoms with Gasteiger partial charge in [-0.25, -0.2) is 0 Å². The van der Waals surface area contributed by atoms with Gasteiger partial charge in [-0.15, -0.1) is 0 Å². The van der Waals surface area contributed by atoms with Crippen LogP contribution >= 0.6 is 11.5 Å². The summed E-state index contributed by atoms with van der Waals surface area (Å²) in [6.07, 6.45) is -4.53. The lowest BCUT2D eigenvalue weighted by molar-refractivity contribution is -0.144. The molecule has 20 heavy (non-hydrogen) atoms. The number of halogens is 3. The van der Waals surface area contributed by atoms with Crippen molar-refractivity contribution in [2.75, 3.05) is 18.2 Å². The predicted molar refractivity (Wildman–Crippen MR) is 69.6 cm³/mol. The van der Waals surface area contributed by atoms with Crippen molar-refractivity contribution in [1.82, 2.24) is 9.36 Å². The molecule has 0 aliphatic heterocycles. The minimum Gasteiger partial charge on any atom is -0.495 e. The van der Waals surface area contributed by atoms with Gasteiger partial charge in [-0.05, 0) is 17.7 Å². The Hall–Kier alpha value is -2.03. The van der Waals surface area contributed by atoms with Crippen LogP contribution in [0, 0.1) is 0 Å². The van der Waals surface area contributed by atoms with Gasteiger partial charge in [-0.3, -0.25) is 0 Å². The fourth-order valence-corrected chi connectivity index (χ4v) is 2.06. The number of alkyl halides is 3. The van der Waals surface area contributed by atoms with E-state index < -0.39 is 12.0 Å². The summed E-state index contributed by atoms with van der Waals surface area (Å²) in [6, 6.07) is 5.12. The van der Waals surface area contributed by atoms with Crippen LogP contribution in [0.5, 0.6) is 5.75 Å². The number of nitrogens with one attached hydrogen (secondary N) is 1. The first-order valence-electron chi connectivity index (χ1n) is 5.47. The molecule has 2 aromatic rings. The van der Waals surface area contributed by atoms with E-state index in [-0.39, 0.29) is 5.13 Å². The Kier molecular flexibility index (Phi) is 3.98. The van der Waals surface area contributed by atoms with E-state index in [1.807, 2.05) is 0 Å². The Morgan fingerprint density at radius 1 is 1.40 bits per heavy atom. The maximum atomic E-state index is 12.3. The standard InChI is InChI=1S/C11H11F3N4OS/c1-19-8-3-2-6(4-7(8)15)5-16-10-17-9(18-20-10)11(12,13)14/h2-4H,5,15H2,1H3,(H,16,17,18). The highest BCUT2D eigenvalue weighted by molar-refractivity contribution is 7.09. The SMILES string of the molecule is COc1ccc(CNc2nc(C(F)(F)F)ns2)cc1N. The Bertz CT molecular complexity index is 600. The fourth-order valence-electron chi connectivity index (χ4n) is 1.48.